The third-order valence-corrected chi connectivity index (χ3v) is 4.82. The number of ether oxygens (including phenoxy) is 1. The Morgan fingerprint density at radius 1 is 1.56 bits per heavy atom. The van der Waals surface area contributed by atoms with Gasteiger partial charge in [-0.25, -0.2) is 4.98 Å². The minimum atomic E-state index is -0.132. The maximum absolute atomic E-state index is 9.71. The van der Waals surface area contributed by atoms with E-state index in [1.807, 2.05) is 0 Å². The number of nitrogens with zero attached hydrogens (tertiary/aromatic N) is 1. The molecule has 0 radical (unpaired) electrons. The second-order valence-corrected chi connectivity index (χ2v) is 7.28. The third-order valence-electron chi connectivity index (χ3n) is 3.97. The van der Waals surface area contributed by atoms with Crippen LogP contribution in [0.5, 0.6) is 0 Å². The van der Waals surface area contributed by atoms with E-state index in [1.165, 1.54) is 0 Å². The van der Waals surface area contributed by atoms with Crippen LogP contribution < -0.4 is 0 Å². The van der Waals surface area contributed by atoms with Crippen LogP contribution in [0.15, 0.2) is 5.38 Å². The van der Waals surface area contributed by atoms with E-state index in [9.17, 15) is 5.11 Å². The summed E-state index contributed by atoms with van der Waals surface area (Å²) in [7, 11) is 0. The van der Waals surface area contributed by atoms with E-state index in [0.717, 1.165) is 30.2 Å². The summed E-state index contributed by atoms with van der Waals surface area (Å²) in [6.45, 7) is 9.51. The Morgan fingerprint density at radius 2 is 2.28 bits per heavy atom. The third kappa shape index (κ3) is 2.60. The smallest absolute Gasteiger partial charge is 0.0935 e. The Bertz CT molecular complexity index is 410. The maximum atomic E-state index is 9.71. The molecule has 1 N–H and O–H groups in total. The van der Waals surface area contributed by atoms with Gasteiger partial charge in [0, 0.05) is 29.2 Å². The van der Waals surface area contributed by atoms with Crippen molar-refractivity contribution in [2.45, 2.75) is 52.1 Å². The molecular weight excluding hydrogens is 246 g/mol. The number of aromatic nitrogens is 1. The lowest BCUT2D eigenvalue weighted by atomic mass is 9.79. The predicted octanol–water partition coefficient (Wildman–Crippen LogP) is 2.77. The first-order valence-corrected chi connectivity index (χ1v) is 7.43. The number of aliphatic hydroxyl groups excluding tert-OH is 1. The second-order valence-electron chi connectivity index (χ2n) is 6.34. The van der Waals surface area contributed by atoms with Crippen molar-refractivity contribution in [3.05, 3.63) is 16.1 Å². The van der Waals surface area contributed by atoms with Gasteiger partial charge in [0.05, 0.1) is 23.4 Å². The van der Waals surface area contributed by atoms with Gasteiger partial charge in [-0.3, -0.25) is 0 Å². The molecular formula is C14H23NO2S. The van der Waals surface area contributed by atoms with Crippen molar-refractivity contribution < 1.29 is 9.84 Å². The fraction of sp³-hybridized carbons (Fsp3) is 0.786. The van der Waals surface area contributed by atoms with Gasteiger partial charge in [-0.15, -0.1) is 11.3 Å². The SMILES string of the molecule is CC1OCCC1(CO)Cc1nc(C(C)(C)C)cs1. The van der Waals surface area contributed by atoms with E-state index >= 15 is 0 Å². The summed E-state index contributed by atoms with van der Waals surface area (Å²) in [4.78, 5) is 4.72. The van der Waals surface area contributed by atoms with Crippen molar-refractivity contribution in [2.75, 3.05) is 13.2 Å². The number of hydrogen-bond acceptors (Lipinski definition) is 4. The van der Waals surface area contributed by atoms with Crippen molar-refractivity contribution in [2.24, 2.45) is 5.41 Å². The van der Waals surface area contributed by atoms with Crippen LogP contribution in [0, 0.1) is 5.41 Å². The zero-order valence-electron chi connectivity index (χ0n) is 11.7. The highest BCUT2D eigenvalue weighted by Gasteiger charge is 2.41. The van der Waals surface area contributed by atoms with Gasteiger partial charge in [0.2, 0.25) is 0 Å². The lowest BCUT2D eigenvalue weighted by Gasteiger charge is -2.29. The molecule has 0 saturated carbocycles. The van der Waals surface area contributed by atoms with Gasteiger partial charge in [0.25, 0.3) is 0 Å². The van der Waals surface area contributed by atoms with Gasteiger partial charge in [-0.2, -0.15) is 0 Å². The molecule has 4 heteroatoms. The summed E-state index contributed by atoms with van der Waals surface area (Å²) in [5.74, 6) is 0. The predicted molar refractivity (Wildman–Crippen MR) is 74.1 cm³/mol. The summed E-state index contributed by atoms with van der Waals surface area (Å²) in [5.41, 5.74) is 1.11. The van der Waals surface area contributed by atoms with E-state index in [1.54, 1.807) is 11.3 Å². The van der Waals surface area contributed by atoms with Gasteiger partial charge in [-0.1, -0.05) is 20.8 Å². The normalized spacial score (nSPS) is 28.8. The van der Waals surface area contributed by atoms with Crippen LogP contribution >= 0.6 is 11.3 Å². The van der Waals surface area contributed by atoms with Crippen LogP contribution in [0.25, 0.3) is 0 Å². The van der Waals surface area contributed by atoms with E-state index < -0.39 is 0 Å². The second kappa shape index (κ2) is 4.91. The Kier molecular flexibility index (Phi) is 3.81. The standard InChI is InChI=1S/C14H23NO2S/c1-10-14(9-16,5-6-17-10)7-12-15-11(8-18-12)13(2,3)4/h8,10,16H,5-7,9H2,1-4H3. The summed E-state index contributed by atoms with van der Waals surface area (Å²) in [6, 6.07) is 0. The molecule has 1 aliphatic heterocycles. The molecule has 2 heterocycles. The van der Waals surface area contributed by atoms with Crippen LogP contribution in [0.4, 0.5) is 0 Å². The fourth-order valence-corrected chi connectivity index (χ4v) is 3.53. The minimum Gasteiger partial charge on any atom is -0.396 e. The molecule has 0 bridgehead atoms. The van der Waals surface area contributed by atoms with Crippen molar-refractivity contribution in [1.29, 1.82) is 0 Å². The van der Waals surface area contributed by atoms with Crippen molar-refractivity contribution in [1.82, 2.24) is 4.98 Å². The molecule has 1 aliphatic rings. The lowest BCUT2D eigenvalue weighted by molar-refractivity contribution is 0.0271. The molecule has 0 aromatic carbocycles. The lowest BCUT2D eigenvalue weighted by Crippen LogP contribution is -2.35. The van der Waals surface area contributed by atoms with Crippen molar-refractivity contribution in [3.8, 4) is 0 Å². The largest absolute Gasteiger partial charge is 0.396 e. The average molecular weight is 269 g/mol. The van der Waals surface area contributed by atoms with Crippen LogP contribution in [0.1, 0.15) is 44.8 Å². The molecule has 1 aromatic rings. The Hall–Kier alpha value is -0.450. The molecule has 1 saturated heterocycles. The van der Waals surface area contributed by atoms with Gasteiger partial charge >= 0.3 is 0 Å². The Morgan fingerprint density at radius 3 is 2.72 bits per heavy atom. The highest BCUT2D eigenvalue weighted by Crippen LogP contribution is 2.38. The van der Waals surface area contributed by atoms with Crippen LogP contribution in [0.3, 0.4) is 0 Å². The number of rotatable bonds is 3. The first-order chi connectivity index (χ1) is 8.37. The summed E-state index contributed by atoms with van der Waals surface area (Å²) in [5, 5.41) is 13.0. The van der Waals surface area contributed by atoms with Gasteiger partial charge < -0.3 is 9.84 Å². The highest BCUT2D eigenvalue weighted by atomic mass is 32.1. The molecule has 2 unspecified atom stereocenters. The van der Waals surface area contributed by atoms with Gasteiger partial charge in [-0.05, 0) is 13.3 Å². The van der Waals surface area contributed by atoms with E-state index in [2.05, 4.69) is 33.1 Å². The molecule has 102 valence electrons. The molecule has 0 spiro atoms. The monoisotopic (exact) mass is 269 g/mol. The Balaban J connectivity index is 2.16. The number of aliphatic hydroxyl groups is 1. The van der Waals surface area contributed by atoms with Gasteiger partial charge in [0.15, 0.2) is 0 Å². The molecule has 0 amide bonds. The molecule has 1 aromatic heterocycles. The first kappa shape index (κ1) is 14.0. The zero-order chi connectivity index (χ0) is 13.4. The molecule has 0 aliphatic carbocycles. The molecule has 1 fully saturated rings. The quantitative estimate of drug-likeness (QED) is 0.917. The summed E-state index contributed by atoms with van der Waals surface area (Å²) in [6.07, 6.45) is 1.87. The average Bonchev–Trinajstić information content (AvgIpc) is 2.87. The van der Waals surface area contributed by atoms with E-state index in [-0.39, 0.29) is 23.5 Å². The number of hydrogen-bond donors (Lipinski definition) is 1. The van der Waals surface area contributed by atoms with Crippen molar-refractivity contribution >= 4 is 11.3 Å². The topological polar surface area (TPSA) is 42.4 Å². The van der Waals surface area contributed by atoms with Crippen LogP contribution in [-0.4, -0.2) is 29.4 Å². The first-order valence-electron chi connectivity index (χ1n) is 6.55. The summed E-state index contributed by atoms with van der Waals surface area (Å²) >= 11 is 1.70. The van der Waals surface area contributed by atoms with Crippen LogP contribution in [0.2, 0.25) is 0 Å². The van der Waals surface area contributed by atoms with Crippen molar-refractivity contribution in [3.63, 3.8) is 0 Å². The molecule has 2 atom stereocenters. The maximum Gasteiger partial charge on any atom is 0.0935 e. The number of thiazole rings is 1. The van der Waals surface area contributed by atoms with E-state index in [0.29, 0.717) is 0 Å². The fourth-order valence-electron chi connectivity index (χ4n) is 2.35. The Labute approximate surface area is 113 Å². The molecule has 3 nitrogen and oxygen atoms in total. The molecule has 18 heavy (non-hydrogen) atoms. The van der Waals surface area contributed by atoms with E-state index in [4.69, 9.17) is 9.72 Å². The zero-order valence-corrected chi connectivity index (χ0v) is 12.5. The van der Waals surface area contributed by atoms with Gasteiger partial charge in [0.1, 0.15) is 0 Å². The highest BCUT2D eigenvalue weighted by molar-refractivity contribution is 7.09. The minimum absolute atomic E-state index is 0.0962. The van der Waals surface area contributed by atoms with Crippen LogP contribution in [-0.2, 0) is 16.6 Å². The summed E-state index contributed by atoms with van der Waals surface area (Å²) < 4.78 is 5.62. The molecule has 2 rings (SSSR count).